The Hall–Kier alpha value is -2.03. The molecule has 0 amide bonds. The van der Waals surface area contributed by atoms with Crippen LogP contribution < -0.4 is 5.32 Å². The first-order valence-electron chi connectivity index (χ1n) is 5.56. The average Bonchev–Trinajstić information content (AvgIpc) is 2.72. The quantitative estimate of drug-likeness (QED) is 0.736. The third-order valence-electron chi connectivity index (χ3n) is 3.09. The third-order valence-corrected chi connectivity index (χ3v) is 3.09. The number of benzene rings is 2. The first kappa shape index (κ1) is 10.1. The third kappa shape index (κ3) is 1.84. The highest BCUT2D eigenvalue weighted by Gasteiger charge is 2.22. The summed E-state index contributed by atoms with van der Waals surface area (Å²) >= 11 is 0. The van der Waals surface area contributed by atoms with Crippen LogP contribution in [0.15, 0.2) is 42.5 Å². The van der Waals surface area contributed by atoms with Gasteiger partial charge in [-0.1, -0.05) is 12.1 Å². The summed E-state index contributed by atoms with van der Waals surface area (Å²) in [4.78, 5) is 0. The maximum absolute atomic E-state index is 13.1. The predicted molar refractivity (Wildman–Crippen MR) is 64.6 cm³/mol. The lowest BCUT2D eigenvalue weighted by Crippen LogP contribution is -2.05. The smallest absolute Gasteiger partial charge is 0.123 e. The van der Waals surface area contributed by atoms with E-state index in [0.29, 0.717) is 0 Å². The van der Waals surface area contributed by atoms with Crippen LogP contribution in [0, 0.1) is 5.82 Å². The van der Waals surface area contributed by atoms with E-state index in [4.69, 9.17) is 0 Å². The minimum absolute atomic E-state index is 0.0856. The monoisotopic (exact) mass is 229 g/mol. The van der Waals surface area contributed by atoms with Gasteiger partial charge in [-0.15, -0.1) is 0 Å². The fraction of sp³-hybridized carbons (Fsp3) is 0.143. The van der Waals surface area contributed by atoms with Gasteiger partial charge >= 0.3 is 0 Å². The molecule has 17 heavy (non-hydrogen) atoms. The number of nitrogens with one attached hydrogen (secondary N) is 1. The molecule has 0 aliphatic carbocycles. The number of hydrogen-bond donors (Lipinski definition) is 2. The molecular weight excluding hydrogens is 217 g/mol. The maximum atomic E-state index is 13.1. The Labute approximate surface area is 98.7 Å². The number of aromatic hydroxyl groups is 1. The first-order chi connectivity index (χ1) is 8.22. The van der Waals surface area contributed by atoms with E-state index < -0.39 is 0 Å². The van der Waals surface area contributed by atoms with Gasteiger partial charge in [-0.25, -0.2) is 4.39 Å². The summed E-state index contributed by atoms with van der Waals surface area (Å²) in [5.74, 6) is 0.0496. The van der Waals surface area contributed by atoms with Crippen molar-refractivity contribution in [2.24, 2.45) is 0 Å². The molecule has 0 saturated carbocycles. The topological polar surface area (TPSA) is 32.3 Å². The molecule has 2 aromatic carbocycles. The van der Waals surface area contributed by atoms with Gasteiger partial charge in [0.05, 0.1) is 6.04 Å². The van der Waals surface area contributed by atoms with Crippen LogP contribution in [0.1, 0.15) is 17.2 Å². The molecule has 0 saturated heterocycles. The number of hydrogen-bond acceptors (Lipinski definition) is 2. The molecule has 2 nitrogen and oxygen atoms in total. The summed E-state index contributed by atoms with van der Waals surface area (Å²) < 4.78 is 13.1. The molecule has 3 heteroatoms. The molecule has 0 bridgehead atoms. The number of halogens is 1. The zero-order valence-corrected chi connectivity index (χ0v) is 9.15. The van der Waals surface area contributed by atoms with Crippen LogP contribution in [0.4, 0.5) is 10.1 Å². The van der Waals surface area contributed by atoms with Gasteiger partial charge in [0.1, 0.15) is 11.6 Å². The van der Waals surface area contributed by atoms with E-state index in [1.54, 1.807) is 24.3 Å². The van der Waals surface area contributed by atoms with Gasteiger partial charge in [0.2, 0.25) is 0 Å². The lowest BCUT2D eigenvalue weighted by atomic mass is 10.0. The Morgan fingerprint density at radius 2 is 2.06 bits per heavy atom. The molecule has 2 N–H and O–H groups in total. The Morgan fingerprint density at radius 1 is 1.18 bits per heavy atom. The van der Waals surface area contributed by atoms with Gasteiger partial charge in [0.25, 0.3) is 0 Å². The van der Waals surface area contributed by atoms with Gasteiger partial charge in [0, 0.05) is 5.69 Å². The van der Waals surface area contributed by atoms with E-state index in [0.717, 1.165) is 23.2 Å². The molecule has 0 fully saturated rings. The number of rotatable bonds is 1. The van der Waals surface area contributed by atoms with Crippen molar-refractivity contribution in [3.63, 3.8) is 0 Å². The highest BCUT2D eigenvalue weighted by atomic mass is 19.1. The summed E-state index contributed by atoms with van der Waals surface area (Å²) in [6.07, 6.45) is 0.771. The molecule has 1 aliphatic rings. The second-order valence-corrected chi connectivity index (χ2v) is 4.30. The standard InChI is InChI=1S/C14H12FNO/c15-11-3-1-2-9(6-11)14-8-10-7-12(17)4-5-13(10)16-14/h1-7,14,16-17H,8H2. The van der Waals surface area contributed by atoms with Crippen LogP contribution in [0.5, 0.6) is 5.75 Å². The van der Waals surface area contributed by atoms with E-state index in [1.807, 2.05) is 12.1 Å². The van der Waals surface area contributed by atoms with Gasteiger partial charge in [0.15, 0.2) is 0 Å². The maximum Gasteiger partial charge on any atom is 0.123 e. The molecule has 0 spiro atoms. The van der Waals surface area contributed by atoms with E-state index in [2.05, 4.69) is 5.32 Å². The fourth-order valence-electron chi connectivity index (χ4n) is 2.27. The predicted octanol–water partition coefficient (Wildman–Crippen LogP) is 3.24. The molecule has 1 aliphatic heterocycles. The zero-order chi connectivity index (χ0) is 11.8. The summed E-state index contributed by atoms with van der Waals surface area (Å²) in [7, 11) is 0. The molecule has 0 aromatic heterocycles. The number of fused-ring (bicyclic) bond motifs is 1. The van der Waals surface area contributed by atoms with Gasteiger partial charge < -0.3 is 10.4 Å². The number of anilines is 1. The minimum Gasteiger partial charge on any atom is -0.508 e. The zero-order valence-electron chi connectivity index (χ0n) is 9.15. The fourth-order valence-corrected chi connectivity index (χ4v) is 2.27. The summed E-state index contributed by atoms with van der Waals surface area (Å²) in [6.45, 7) is 0. The molecular formula is C14H12FNO. The van der Waals surface area contributed by atoms with Gasteiger partial charge in [-0.3, -0.25) is 0 Å². The van der Waals surface area contributed by atoms with Crippen molar-refractivity contribution in [2.45, 2.75) is 12.5 Å². The van der Waals surface area contributed by atoms with Crippen LogP contribution in [-0.2, 0) is 6.42 Å². The molecule has 1 atom stereocenters. The van der Waals surface area contributed by atoms with Crippen LogP contribution in [0.25, 0.3) is 0 Å². The molecule has 1 heterocycles. The molecule has 2 aromatic rings. The second-order valence-electron chi connectivity index (χ2n) is 4.30. The first-order valence-corrected chi connectivity index (χ1v) is 5.56. The molecule has 1 unspecified atom stereocenters. The Kier molecular flexibility index (Phi) is 2.25. The van der Waals surface area contributed by atoms with E-state index in [1.165, 1.54) is 6.07 Å². The molecule has 0 radical (unpaired) electrons. The van der Waals surface area contributed by atoms with Crippen LogP contribution in [-0.4, -0.2) is 5.11 Å². The van der Waals surface area contributed by atoms with E-state index in [-0.39, 0.29) is 17.6 Å². The van der Waals surface area contributed by atoms with Crippen molar-refractivity contribution in [3.05, 3.63) is 59.4 Å². The summed E-state index contributed by atoms with van der Waals surface area (Å²) in [5.41, 5.74) is 3.01. The molecule has 3 rings (SSSR count). The van der Waals surface area contributed by atoms with E-state index >= 15 is 0 Å². The van der Waals surface area contributed by atoms with E-state index in [9.17, 15) is 9.50 Å². The highest BCUT2D eigenvalue weighted by molar-refractivity contribution is 5.60. The average molecular weight is 229 g/mol. The van der Waals surface area contributed by atoms with Gasteiger partial charge in [-0.05, 0) is 47.9 Å². The lowest BCUT2D eigenvalue weighted by molar-refractivity contribution is 0.475. The van der Waals surface area contributed by atoms with Crippen molar-refractivity contribution in [1.82, 2.24) is 0 Å². The normalized spacial score (nSPS) is 17.6. The van der Waals surface area contributed by atoms with Crippen molar-refractivity contribution in [2.75, 3.05) is 5.32 Å². The molecule has 86 valence electrons. The minimum atomic E-state index is -0.219. The van der Waals surface area contributed by atoms with Crippen LogP contribution in [0.2, 0.25) is 0 Å². The van der Waals surface area contributed by atoms with Crippen molar-refractivity contribution in [3.8, 4) is 5.75 Å². The Bertz CT molecular complexity index is 568. The SMILES string of the molecule is Oc1ccc2c(c1)CC(c1cccc(F)c1)N2. The Balaban J connectivity index is 1.91. The summed E-state index contributed by atoms with van der Waals surface area (Å²) in [6, 6.07) is 12.0. The Morgan fingerprint density at radius 3 is 2.88 bits per heavy atom. The van der Waals surface area contributed by atoms with Crippen LogP contribution in [0.3, 0.4) is 0 Å². The lowest BCUT2D eigenvalue weighted by Gasteiger charge is -2.11. The van der Waals surface area contributed by atoms with Crippen molar-refractivity contribution < 1.29 is 9.50 Å². The highest BCUT2D eigenvalue weighted by Crippen LogP contribution is 2.35. The second kappa shape index (κ2) is 3.77. The van der Waals surface area contributed by atoms with Crippen LogP contribution >= 0.6 is 0 Å². The number of phenolic OH excluding ortho intramolecular Hbond substituents is 1. The van der Waals surface area contributed by atoms with Crippen molar-refractivity contribution >= 4 is 5.69 Å². The number of phenols is 1. The summed E-state index contributed by atoms with van der Waals surface area (Å²) in [5, 5.41) is 12.7. The van der Waals surface area contributed by atoms with Crippen molar-refractivity contribution in [1.29, 1.82) is 0 Å². The van der Waals surface area contributed by atoms with Gasteiger partial charge in [-0.2, -0.15) is 0 Å². The largest absolute Gasteiger partial charge is 0.508 e.